The summed E-state index contributed by atoms with van der Waals surface area (Å²) in [5.41, 5.74) is 0.257. The SMILES string of the molecule is CCCN(C)Cc1occc1C(=O)O. The summed E-state index contributed by atoms with van der Waals surface area (Å²) in [7, 11) is 1.94. The standard InChI is InChI=1S/C10H15NO3/c1-3-5-11(2)7-9-8(10(12)13)4-6-14-9/h4,6H,3,5,7H2,1-2H3,(H,12,13). The van der Waals surface area contributed by atoms with Crippen LogP contribution in [0.1, 0.15) is 29.5 Å². The van der Waals surface area contributed by atoms with Crippen LogP contribution in [0.25, 0.3) is 0 Å². The Kier molecular flexibility index (Phi) is 3.71. The average Bonchev–Trinajstić information content (AvgIpc) is 2.52. The van der Waals surface area contributed by atoms with Crippen molar-refractivity contribution in [2.24, 2.45) is 0 Å². The first-order valence-corrected chi connectivity index (χ1v) is 4.63. The number of hydrogen-bond acceptors (Lipinski definition) is 3. The summed E-state index contributed by atoms with van der Waals surface area (Å²) in [4.78, 5) is 12.8. The van der Waals surface area contributed by atoms with Gasteiger partial charge in [-0.3, -0.25) is 4.90 Å². The van der Waals surface area contributed by atoms with Crippen molar-refractivity contribution in [1.82, 2.24) is 4.90 Å². The second-order valence-electron chi connectivity index (χ2n) is 3.30. The summed E-state index contributed by atoms with van der Waals surface area (Å²) in [6.07, 6.45) is 2.46. The minimum Gasteiger partial charge on any atom is -0.478 e. The monoisotopic (exact) mass is 197 g/mol. The molecule has 0 fully saturated rings. The zero-order chi connectivity index (χ0) is 10.6. The minimum absolute atomic E-state index is 0.257. The Morgan fingerprint density at radius 2 is 2.36 bits per heavy atom. The molecule has 0 amide bonds. The summed E-state index contributed by atoms with van der Waals surface area (Å²) >= 11 is 0. The summed E-state index contributed by atoms with van der Waals surface area (Å²) in [6, 6.07) is 1.48. The van der Waals surface area contributed by atoms with Crippen molar-refractivity contribution >= 4 is 5.97 Å². The zero-order valence-electron chi connectivity index (χ0n) is 8.49. The molecular weight excluding hydrogens is 182 g/mol. The van der Waals surface area contributed by atoms with Crippen LogP contribution in [0.4, 0.5) is 0 Å². The number of carbonyl (C=O) groups is 1. The molecule has 1 N–H and O–H groups in total. The predicted molar refractivity (Wildman–Crippen MR) is 52.3 cm³/mol. The van der Waals surface area contributed by atoms with Crippen LogP contribution in [0.3, 0.4) is 0 Å². The average molecular weight is 197 g/mol. The zero-order valence-corrected chi connectivity index (χ0v) is 8.49. The van der Waals surface area contributed by atoms with Crippen molar-refractivity contribution in [1.29, 1.82) is 0 Å². The highest BCUT2D eigenvalue weighted by Gasteiger charge is 2.14. The fourth-order valence-corrected chi connectivity index (χ4v) is 1.36. The van der Waals surface area contributed by atoms with E-state index in [4.69, 9.17) is 9.52 Å². The van der Waals surface area contributed by atoms with Crippen molar-refractivity contribution < 1.29 is 14.3 Å². The van der Waals surface area contributed by atoms with Crippen LogP contribution in [-0.4, -0.2) is 29.6 Å². The van der Waals surface area contributed by atoms with Gasteiger partial charge >= 0.3 is 5.97 Å². The number of rotatable bonds is 5. The summed E-state index contributed by atoms with van der Waals surface area (Å²) < 4.78 is 5.12. The summed E-state index contributed by atoms with van der Waals surface area (Å²) in [6.45, 7) is 3.55. The number of carboxylic acid groups (broad SMARTS) is 1. The van der Waals surface area contributed by atoms with Gasteiger partial charge in [-0.15, -0.1) is 0 Å². The van der Waals surface area contributed by atoms with Gasteiger partial charge in [-0.05, 0) is 26.1 Å². The van der Waals surface area contributed by atoms with Gasteiger partial charge in [-0.2, -0.15) is 0 Å². The minimum atomic E-state index is -0.932. The molecule has 0 aliphatic rings. The number of furan rings is 1. The van der Waals surface area contributed by atoms with Gasteiger partial charge in [0.25, 0.3) is 0 Å². The fraction of sp³-hybridized carbons (Fsp3) is 0.500. The van der Waals surface area contributed by atoms with Gasteiger partial charge in [-0.25, -0.2) is 4.79 Å². The highest BCUT2D eigenvalue weighted by molar-refractivity contribution is 5.88. The third-order valence-corrected chi connectivity index (χ3v) is 1.99. The largest absolute Gasteiger partial charge is 0.478 e. The van der Waals surface area contributed by atoms with Crippen molar-refractivity contribution in [2.45, 2.75) is 19.9 Å². The van der Waals surface area contributed by atoms with Crippen LogP contribution in [-0.2, 0) is 6.54 Å². The molecule has 0 saturated heterocycles. The maximum absolute atomic E-state index is 10.7. The Balaban J connectivity index is 2.66. The van der Waals surface area contributed by atoms with Crippen LogP contribution in [0.5, 0.6) is 0 Å². The molecule has 78 valence electrons. The Morgan fingerprint density at radius 3 is 2.93 bits per heavy atom. The molecule has 0 atom stereocenters. The Bertz CT molecular complexity index is 306. The van der Waals surface area contributed by atoms with Crippen LogP contribution in [0.15, 0.2) is 16.7 Å². The van der Waals surface area contributed by atoms with Gasteiger partial charge in [0.05, 0.1) is 12.8 Å². The lowest BCUT2D eigenvalue weighted by Gasteiger charge is -2.13. The second kappa shape index (κ2) is 4.81. The topological polar surface area (TPSA) is 53.7 Å². The lowest BCUT2D eigenvalue weighted by atomic mass is 10.2. The number of carboxylic acids is 1. The van der Waals surface area contributed by atoms with E-state index in [1.165, 1.54) is 12.3 Å². The van der Waals surface area contributed by atoms with Crippen molar-refractivity contribution in [3.63, 3.8) is 0 Å². The molecule has 4 nitrogen and oxygen atoms in total. The molecule has 14 heavy (non-hydrogen) atoms. The molecule has 0 spiro atoms. The van der Waals surface area contributed by atoms with E-state index >= 15 is 0 Å². The van der Waals surface area contributed by atoms with E-state index in [-0.39, 0.29) is 5.56 Å². The van der Waals surface area contributed by atoms with E-state index in [0.717, 1.165) is 13.0 Å². The molecule has 1 heterocycles. The fourth-order valence-electron chi connectivity index (χ4n) is 1.36. The van der Waals surface area contributed by atoms with Gasteiger partial charge in [0, 0.05) is 0 Å². The van der Waals surface area contributed by atoms with Crippen LogP contribution in [0.2, 0.25) is 0 Å². The number of nitrogens with zero attached hydrogens (tertiary/aromatic N) is 1. The molecule has 1 rings (SSSR count). The summed E-state index contributed by atoms with van der Waals surface area (Å²) in [5.74, 6) is -0.410. The van der Waals surface area contributed by atoms with Crippen molar-refractivity contribution in [2.75, 3.05) is 13.6 Å². The predicted octanol–water partition coefficient (Wildman–Crippen LogP) is 1.82. The maximum Gasteiger partial charge on any atom is 0.339 e. The highest BCUT2D eigenvalue weighted by atomic mass is 16.4. The molecule has 0 aliphatic carbocycles. The van der Waals surface area contributed by atoms with E-state index in [2.05, 4.69) is 6.92 Å². The maximum atomic E-state index is 10.7. The Morgan fingerprint density at radius 1 is 1.64 bits per heavy atom. The Labute approximate surface area is 83.1 Å². The van der Waals surface area contributed by atoms with Crippen LogP contribution < -0.4 is 0 Å². The van der Waals surface area contributed by atoms with E-state index < -0.39 is 5.97 Å². The lowest BCUT2D eigenvalue weighted by Crippen LogP contribution is -2.19. The van der Waals surface area contributed by atoms with Gasteiger partial charge < -0.3 is 9.52 Å². The molecule has 1 aromatic rings. The third kappa shape index (κ3) is 2.60. The van der Waals surface area contributed by atoms with E-state index in [0.29, 0.717) is 12.3 Å². The highest BCUT2D eigenvalue weighted by Crippen LogP contribution is 2.12. The van der Waals surface area contributed by atoms with Crippen molar-refractivity contribution in [3.8, 4) is 0 Å². The first-order chi connectivity index (χ1) is 6.65. The van der Waals surface area contributed by atoms with E-state index in [1.54, 1.807) is 0 Å². The molecule has 0 bridgehead atoms. The van der Waals surface area contributed by atoms with E-state index in [9.17, 15) is 4.79 Å². The van der Waals surface area contributed by atoms with Crippen LogP contribution >= 0.6 is 0 Å². The molecule has 1 aromatic heterocycles. The quantitative estimate of drug-likeness (QED) is 0.782. The first-order valence-electron chi connectivity index (χ1n) is 4.63. The molecule has 0 radical (unpaired) electrons. The van der Waals surface area contributed by atoms with Gasteiger partial charge in [0.2, 0.25) is 0 Å². The molecule has 0 aliphatic heterocycles. The molecule has 0 saturated carbocycles. The first kappa shape index (κ1) is 10.8. The van der Waals surface area contributed by atoms with Gasteiger partial charge in [0.15, 0.2) is 0 Å². The van der Waals surface area contributed by atoms with Crippen molar-refractivity contribution in [3.05, 3.63) is 23.7 Å². The normalized spacial score (nSPS) is 10.8. The smallest absolute Gasteiger partial charge is 0.339 e. The third-order valence-electron chi connectivity index (χ3n) is 1.99. The van der Waals surface area contributed by atoms with Crippen LogP contribution in [0, 0.1) is 0 Å². The Hall–Kier alpha value is -1.29. The molecule has 0 unspecified atom stereocenters. The molecule has 0 aromatic carbocycles. The summed E-state index contributed by atoms with van der Waals surface area (Å²) in [5, 5.41) is 8.82. The number of hydrogen-bond donors (Lipinski definition) is 1. The molecule has 4 heteroatoms. The second-order valence-corrected chi connectivity index (χ2v) is 3.30. The molecular formula is C10H15NO3. The van der Waals surface area contributed by atoms with Gasteiger partial charge in [0.1, 0.15) is 11.3 Å². The van der Waals surface area contributed by atoms with Gasteiger partial charge in [-0.1, -0.05) is 6.92 Å². The number of aromatic carboxylic acids is 1. The lowest BCUT2D eigenvalue weighted by molar-refractivity contribution is 0.0693. The van der Waals surface area contributed by atoms with E-state index in [1.807, 2.05) is 11.9 Å².